The molecular weight excluding hydrogens is 697 g/mol. The number of hydrogen-bond donors (Lipinski definition) is 0. The summed E-state index contributed by atoms with van der Waals surface area (Å²) in [6.45, 7) is 15.9. The first-order valence-electron chi connectivity index (χ1n) is 19.2. The van der Waals surface area contributed by atoms with Crippen LogP contribution in [0.3, 0.4) is 0 Å². The van der Waals surface area contributed by atoms with Crippen molar-refractivity contribution in [2.45, 2.75) is 65.5 Å². The molecule has 0 amide bonds. The van der Waals surface area contributed by atoms with Gasteiger partial charge in [0.25, 0.3) is 0 Å². The predicted molar refractivity (Wildman–Crippen MR) is 237 cm³/mol. The number of allylic oxidation sites excluding steroid dienone is 2. The molecule has 2 aliphatic rings. The van der Waals surface area contributed by atoms with Crippen LogP contribution in [0.15, 0.2) is 109 Å². The molecule has 54 heavy (non-hydrogen) atoms. The largest absolute Gasteiger partial charge is 0.343 e. The molecule has 6 aromatic rings. The first-order valence-corrected chi connectivity index (χ1v) is 21.7. The first-order chi connectivity index (χ1) is 26.0. The van der Waals surface area contributed by atoms with E-state index in [0.717, 1.165) is 24.6 Å². The summed E-state index contributed by atoms with van der Waals surface area (Å²) in [5.41, 5.74) is 15.9. The van der Waals surface area contributed by atoms with Crippen molar-refractivity contribution in [3.8, 4) is 0 Å². The van der Waals surface area contributed by atoms with Crippen molar-refractivity contribution in [2.24, 2.45) is 0 Å². The molecule has 4 nitrogen and oxygen atoms in total. The molecule has 2 aliphatic heterocycles. The summed E-state index contributed by atoms with van der Waals surface area (Å²) in [4.78, 5) is 0. The molecular formula is C48H52N4S2+2. The molecule has 0 fully saturated rings. The minimum atomic E-state index is -0.0399. The Hall–Kier alpha value is -4.52. The van der Waals surface area contributed by atoms with Gasteiger partial charge >= 0.3 is 0 Å². The molecule has 0 atom stereocenters. The molecule has 0 N–H and O–H groups in total. The van der Waals surface area contributed by atoms with Crippen LogP contribution in [0.2, 0.25) is 0 Å². The highest BCUT2D eigenvalue weighted by Crippen LogP contribution is 2.41. The van der Waals surface area contributed by atoms with Crippen LogP contribution in [0.4, 0.5) is 11.4 Å². The fourth-order valence-electron chi connectivity index (χ4n) is 9.22. The molecule has 8 rings (SSSR count). The molecule has 0 aliphatic carbocycles. The van der Waals surface area contributed by atoms with Gasteiger partial charge < -0.3 is 9.13 Å². The first kappa shape index (κ1) is 36.5. The number of aryl methyl sites for hydroxylation is 2. The molecule has 2 aromatic heterocycles. The van der Waals surface area contributed by atoms with E-state index in [9.17, 15) is 0 Å². The van der Waals surface area contributed by atoms with Gasteiger partial charge in [0.1, 0.15) is 14.1 Å². The van der Waals surface area contributed by atoms with Crippen molar-refractivity contribution < 1.29 is 9.15 Å². The Morgan fingerprint density at radius 3 is 1.30 bits per heavy atom. The molecule has 0 saturated heterocycles. The number of fused-ring (bicyclic) bond motifs is 4. The average molecular weight is 749 g/mol. The molecule has 4 heterocycles. The Kier molecular flexibility index (Phi) is 9.64. The van der Waals surface area contributed by atoms with E-state index in [0.29, 0.717) is 0 Å². The molecule has 0 radical (unpaired) electrons. The Morgan fingerprint density at radius 2 is 0.889 bits per heavy atom. The summed E-state index contributed by atoms with van der Waals surface area (Å²) in [6, 6.07) is 35.4. The fraction of sp³-hybridized carbons (Fsp3) is 0.292. The van der Waals surface area contributed by atoms with Gasteiger partial charge in [-0.05, 0) is 65.8 Å². The minimum absolute atomic E-state index is 0.0399. The quantitative estimate of drug-likeness (QED) is 0.0745. The summed E-state index contributed by atoms with van der Waals surface area (Å²) in [6.07, 6.45) is 9.41. The maximum absolute atomic E-state index is 2.52. The van der Waals surface area contributed by atoms with Crippen LogP contribution >= 0.6 is 21.6 Å². The normalized spacial score (nSPS) is 16.2. The highest BCUT2D eigenvalue weighted by atomic mass is 33.1. The lowest BCUT2D eigenvalue weighted by molar-refractivity contribution is -0.401. The second kappa shape index (κ2) is 14.3. The van der Waals surface area contributed by atoms with Gasteiger partial charge in [-0.15, -0.1) is 0 Å². The Bertz CT molecular complexity index is 2380. The van der Waals surface area contributed by atoms with Crippen LogP contribution in [0.5, 0.6) is 0 Å². The number of aromatic nitrogens is 2. The molecule has 0 unspecified atom stereocenters. The van der Waals surface area contributed by atoms with Gasteiger partial charge in [0.2, 0.25) is 11.4 Å². The monoisotopic (exact) mass is 748 g/mol. The van der Waals surface area contributed by atoms with E-state index in [1.807, 2.05) is 21.6 Å². The Labute approximate surface area is 329 Å². The van der Waals surface area contributed by atoms with E-state index in [1.54, 1.807) is 0 Å². The number of nitrogens with zero attached hydrogens (tertiary/aromatic N) is 4. The van der Waals surface area contributed by atoms with Crippen molar-refractivity contribution in [1.29, 1.82) is 0 Å². The number of para-hydroxylation sites is 4. The highest BCUT2D eigenvalue weighted by Gasteiger charge is 2.43. The maximum atomic E-state index is 2.52. The van der Waals surface area contributed by atoms with Gasteiger partial charge in [-0.3, -0.25) is 0 Å². The van der Waals surface area contributed by atoms with Gasteiger partial charge in [-0.1, -0.05) is 94.4 Å². The van der Waals surface area contributed by atoms with E-state index in [2.05, 4.69) is 195 Å². The minimum Gasteiger partial charge on any atom is -0.343 e. The van der Waals surface area contributed by atoms with Crippen LogP contribution in [-0.2, 0) is 23.9 Å². The zero-order valence-electron chi connectivity index (χ0n) is 33.0. The lowest BCUT2D eigenvalue weighted by Gasteiger charge is -2.15. The average Bonchev–Trinajstić information content (AvgIpc) is 3.74. The van der Waals surface area contributed by atoms with Crippen molar-refractivity contribution >= 4 is 78.3 Å². The van der Waals surface area contributed by atoms with Crippen LogP contribution in [0.25, 0.3) is 34.0 Å². The van der Waals surface area contributed by atoms with E-state index >= 15 is 0 Å². The SMILES string of the molecule is Cc1c(/C=C/C2=[N+](C)c3ccccc3C2(C)C)c2ccccc2n1CCSSCCn1c(C)c(/C=C/C2=[N+](C)c3ccccc3C2(C)C)c2ccccc21. The number of benzene rings is 4. The summed E-state index contributed by atoms with van der Waals surface area (Å²) >= 11 is 0. The highest BCUT2D eigenvalue weighted by molar-refractivity contribution is 8.76. The summed E-state index contributed by atoms with van der Waals surface area (Å²) in [7, 11) is 8.38. The molecule has 0 saturated carbocycles. The van der Waals surface area contributed by atoms with Gasteiger partial charge in [0, 0.05) is 104 Å². The summed E-state index contributed by atoms with van der Waals surface area (Å²) in [5.74, 6) is 2.11. The second-order valence-electron chi connectivity index (χ2n) is 15.8. The third-order valence-corrected chi connectivity index (χ3v) is 14.5. The van der Waals surface area contributed by atoms with Crippen molar-refractivity contribution in [2.75, 3.05) is 25.6 Å². The van der Waals surface area contributed by atoms with E-state index in [4.69, 9.17) is 0 Å². The molecule has 0 spiro atoms. The number of hydrogen-bond acceptors (Lipinski definition) is 2. The van der Waals surface area contributed by atoms with Crippen LogP contribution < -0.4 is 0 Å². The zero-order chi connectivity index (χ0) is 37.8. The van der Waals surface area contributed by atoms with Crippen molar-refractivity contribution in [3.05, 3.63) is 143 Å². The standard InChI is InChI=1S/C48H52N4S2/c1-33-35(25-27-45-47(3,4)39-19-11-15-23-43(39)49(45)7)37-17-9-13-21-41(37)51(33)29-31-53-54-32-30-52-34(2)36(38-18-10-14-22-42(38)52)26-28-46-48(5,6)40-20-12-16-24-44(40)50(46)8/h9-28H,29-32H2,1-8H3/q+2. The predicted octanol–water partition coefficient (Wildman–Crippen LogP) is 11.7. The van der Waals surface area contributed by atoms with Crippen LogP contribution in [-0.4, -0.2) is 55.3 Å². The van der Waals surface area contributed by atoms with E-state index in [-0.39, 0.29) is 10.8 Å². The maximum Gasteiger partial charge on any atom is 0.209 e. The van der Waals surface area contributed by atoms with Gasteiger partial charge in [0.15, 0.2) is 11.4 Å². The fourth-order valence-corrected chi connectivity index (χ4v) is 11.1. The Balaban J connectivity index is 0.945. The van der Waals surface area contributed by atoms with Crippen LogP contribution in [0.1, 0.15) is 61.3 Å². The Morgan fingerprint density at radius 1 is 0.519 bits per heavy atom. The molecule has 0 bridgehead atoms. The topological polar surface area (TPSA) is 15.9 Å². The number of rotatable bonds is 11. The second-order valence-corrected chi connectivity index (χ2v) is 18.5. The van der Waals surface area contributed by atoms with Gasteiger partial charge in [0.05, 0.1) is 10.8 Å². The summed E-state index contributed by atoms with van der Waals surface area (Å²) < 4.78 is 9.76. The van der Waals surface area contributed by atoms with Gasteiger partial charge in [-0.2, -0.15) is 9.15 Å². The van der Waals surface area contributed by atoms with Crippen LogP contribution in [0, 0.1) is 13.8 Å². The smallest absolute Gasteiger partial charge is 0.209 e. The summed E-state index contributed by atoms with van der Waals surface area (Å²) in [5, 5.41) is 2.65. The third-order valence-electron chi connectivity index (χ3n) is 12.1. The lowest BCUT2D eigenvalue weighted by atomic mass is 9.81. The van der Waals surface area contributed by atoms with E-state index < -0.39 is 0 Å². The molecule has 4 aromatic carbocycles. The zero-order valence-corrected chi connectivity index (χ0v) is 34.6. The van der Waals surface area contributed by atoms with Crippen molar-refractivity contribution in [1.82, 2.24) is 9.13 Å². The molecule has 274 valence electrons. The van der Waals surface area contributed by atoms with Crippen molar-refractivity contribution in [3.63, 3.8) is 0 Å². The third kappa shape index (κ3) is 6.02. The molecule has 6 heteroatoms. The van der Waals surface area contributed by atoms with Gasteiger partial charge in [-0.25, -0.2) is 0 Å². The lowest BCUT2D eigenvalue weighted by Crippen LogP contribution is -2.26. The van der Waals surface area contributed by atoms with E-state index in [1.165, 1.54) is 78.2 Å².